The van der Waals surface area contributed by atoms with Crippen molar-refractivity contribution in [3.8, 4) is 0 Å². The number of halogens is 4. The molecule has 0 aromatic carbocycles. The van der Waals surface area contributed by atoms with Gasteiger partial charge in [0.15, 0.2) is 5.82 Å². The Kier molecular flexibility index (Phi) is 4.26. The van der Waals surface area contributed by atoms with Gasteiger partial charge in [0.25, 0.3) is 0 Å². The number of pyridine rings is 1. The fourth-order valence-corrected chi connectivity index (χ4v) is 1.92. The van der Waals surface area contributed by atoms with E-state index in [4.69, 9.17) is 0 Å². The Balaban J connectivity index is 2.06. The Labute approximate surface area is 121 Å². The monoisotopic (exact) mass is 349 g/mol. The van der Waals surface area contributed by atoms with Gasteiger partial charge in [-0.1, -0.05) is 0 Å². The zero-order valence-electron chi connectivity index (χ0n) is 10.4. The molecule has 20 heavy (non-hydrogen) atoms. The molecule has 0 saturated carbocycles. The molecule has 0 unspecified atom stereocenters. The molecule has 0 aliphatic heterocycles. The van der Waals surface area contributed by atoms with Gasteiger partial charge in [-0.3, -0.25) is 4.68 Å². The third-order valence-electron chi connectivity index (χ3n) is 2.45. The summed E-state index contributed by atoms with van der Waals surface area (Å²) in [5, 5.41) is 6.71. The molecule has 0 amide bonds. The molecule has 0 radical (unpaired) electrons. The van der Waals surface area contributed by atoms with Crippen LogP contribution in [0.4, 0.5) is 19.0 Å². The topological polar surface area (TPSA) is 55.6 Å². The molecule has 9 heteroatoms. The van der Waals surface area contributed by atoms with Crippen molar-refractivity contribution >= 4 is 21.7 Å². The summed E-state index contributed by atoms with van der Waals surface area (Å²) in [6.07, 6.45) is -1.19. The minimum Gasteiger partial charge on any atom is -0.369 e. The van der Waals surface area contributed by atoms with Crippen molar-refractivity contribution in [3.63, 3.8) is 0 Å². The van der Waals surface area contributed by atoms with E-state index in [1.54, 1.807) is 7.05 Å². The van der Waals surface area contributed by atoms with E-state index in [0.717, 1.165) is 6.07 Å². The van der Waals surface area contributed by atoms with Gasteiger partial charge in [0.2, 0.25) is 0 Å². The molecule has 0 aliphatic carbocycles. The van der Waals surface area contributed by atoms with E-state index in [2.05, 4.69) is 36.3 Å². The summed E-state index contributed by atoms with van der Waals surface area (Å²) in [4.78, 5) is 7.75. The lowest BCUT2D eigenvalue weighted by molar-refractivity contribution is -0.137. The fourth-order valence-electron chi connectivity index (χ4n) is 1.59. The summed E-state index contributed by atoms with van der Waals surface area (Å²) in [6, 6.07) is 0.994. The summed E-state index contributed by atoms with van der Waals surface area (Å²) in [5.74, 6) is 0.363. The van der Waals surface area contributed by atoms with Crippen LogP contribution in [0, 0.1) is 0 Å². The molecule has 0 bridgehead atoms. The summed E-state index contributed by atoms with van der Waals surface area (Å²) >= 11 is 2.98. The first-order chi connectivity index (χ1) is 9.36. The third-order valence-corrected chi connectivity index (χ3v) is 2.88. The van der Waals surface area contributed by atoms with Crippen molar-refractivity contribution < 1.29 is 13.2 Å². The SMILES string of the molecule is Cn1cnc(CCNc2ncc(Br)cc2C(F)(F)F)n1. The van der Waals surface area contributed by atoms with Crippen LogP contribution in [0.2, 0.25) is 0 Å². The van der Waals surface area contributed by atoms with E-state index in [9.17, 15) is 13.2 Å². The Morgan fingerprint density at radius 3 is 2.70 bits per heavy atom. The molecule has 2 rings (SSSR count). The number of hydrogen-bond donors (Lipinski definition) is 1. The van der Waals surface area contributed by atoms with Crippen LogP contribution < -0.4 is 5.32 Å². The van der Waals surface area contributed by atoms with E-state index < -0.39 is 11.7 Å². The van der Waals surface area contributed by atoms with Gasteiger partial charge in [0.05, 0.1) is 5.56 Å². The number of aryl methyl sites for hydroxylation is 1. The molecule has 0 atom stereocenters. The molecule has 0 spiro atoms. The number of nitrogens with zero attached hydrogens (tertiary/aromatic N) is 4. The van der Waals surface area contributed by atoms with Gasteiger partial charge >= 0.3 is 6.18 Å². The lowest BCUT2D eigenvalue weighted by Crippen LogP contribution is -2.14. The van der Waals surface area contributed by atoms with Gasteiger partial charge in [-0.05, 0) is 22.0 Å². The number of hydrogen-bond acceptors (Lipinski definition) is 4. The van der Waals surface area contributed by atoms with Gasteiger partial charge in [-0.25, -0.2) is 9.97 Å². The standard InChI is InChI=1S/C11H11BrF3N5/c1-20-6-18-9(19-20)2-3-16-10-8(11(13,14)15)4-7(12)5-17-10/h4-6H,2-3H2,1H3,(H,16,17). The molecule has 1 N–H and O–H groups in total. The zero-order chi connectivity index (χ0) is 14.8. The van der Waals surface area contributed by atoms with Gasteiger partial charge in [0, 0.05) is 30.7 Å². The highest BCUT2D eigenvalue weighted by Crippen LogP contribution is 2.35. The smallest absolute Gasteiger partial charge is 0.369 e. The largest absolute Gasteiger partial charge is 0.419 e. The summed E-state index contributed by atoms with van der Waals surface area (Å²) in [5.41, 5.74) is -0.805. The molecule has 0 fully saturated rings. The van der Waals surface area contributed by atoms with Gasteiger partial charge in [-0.15, -0.1) is 0 Å². The molecule has 108 valence electrons. The third kappa shape index (κ3) is 3.69. The number of aromatic nitrogens is 4. The van der Waals surface area contributed by atoms with Crippen LogP contribution in [0.5, 0.6) is 0 Å². The highest BCUT2D eigenvalue weighted by Gasteiger charge is 2.34. The van der Waals surface area contributed by atoms with Crippen LogP contribution >= 0.6 is 15.9 Å². The Hall–Kier alpha value is -1.64. The van der Waals surface area contributed by atoms with E-state index in [-0.39, 0.29) is 16.8 Å². The minimum atomic E-state index is -4.46. The maximum Gasteiger partial charge on any atom is 0.419 e. The van der Waals surface area contributed by atoms with E-state index >= 15 is 0 Å². The van der Waals surface area contributed by atoms with Crippen LogP contribution in [-0.4, -0.2) is 26.3 Å². The molecule has 2 heterocycles. The number of rotatable bonds is 4. The van der Waals surface area contributed by atoms with Crippen LogP contribution in [-0.2, 0) is 19.6 Å². The molecule has 2 aromatic heterocycles. The number of nitrogens with one attached hydrogen (secondary N) is 1. The Bertz CT molecular complexity index is 596. The predicted molar refractivity (Wildman–Crippen MR) is 70.1 cm³/mol. The molecule has 2 aromatic rings. The van der Waals surface area contributed by atoms with Gasteiger partial charge in [-0.2, -0.15) is 18.3 Å². The van der Waals surface area contributed by atoms with Crippen molar-refractivity contribution in [2.75, 3.05) is 11.9 Å². The lowest BCUT2D eigenvalue weighted by atomic mass is 10.2. The summed E-state index contributed by atoms with van der Waals surface area (Å²) in [7, 11) is 1.72. The van der Waals surface area contributed by atoms with Crippen molar-refractivity contribution in [2.24, 2.45) is 7.05 Å². The first-order valence-electron chi connectivity index (χ1n) is 5.67. The van der Waals surface area contributed by atoms with Crippen molar-refractivity contribution in [2.45, 2.75) is 12.6 Å². The average Bonchev–Trinajstić information content (AvgIpc) is 2.76. The Morgan fingerprint density at radius 1 is 1.35 bits per heavy atom. The van der Waals surface area contributed by atoms with Crippen LogP contribution in [0.25, 0.3) is 0 Å². The Morgan fingerprint density at radius 2 is 2.10 bits per heavy atom. The first-order valence-corrected chi connectivity index (χ1v) is 6.46. The molecule has 0 aliphatic rings. The average molecular weight is 350 g/mol. The van der Waals surface area contributed by atoms with E-state index in [1.165, 1.54) is 17.2 Å². The molecular weight excluding hydrogens is 339 g/mol. The van der Waals surface area contributed by atoms with E-state index in [0.29, 0.717) is 12.2 Å². The fraction of sp³-hybridized carbons (Fsp3) is 0.364. The molecular formula is C11H11BrF3N5. The van der Waals surface area contributed by atoms with Crippen molar-refractivity contribution in [1.29, 1.82) is 0 Å². The van der Waals surface area contributed by atoms with Gasteiger partial charge in [0.1, 0.15) is 12.1 Å². The van der Waals surface area contributed by atoms with Crippen LogP contribution in [0.3, 0.4) is 0 Å². The maximum atomic E-state index is 12.9. The maximum absolute atomic E-state index is 12.9. The van der Waals surface area contributed by atoms with Crippen molar-refractivity contribution in [1.82, 2.24) is 19.7 Å². The van der Waals surface area contributed by atoms with Crippen molar-refractivity contribution in [3.05, 3.63) is 34.5 Å². The van der Waals surface area contributed by atoms with Crippen LogP contribution in [0.1, 0.15) is 11.4 Å². The minimum absolute atomic E-state index is 0.198. The van der Waals surface area contributed by atoms with Crippen LogP contribution in [0.15, 0.2) is 23.1 Å². The second-order valence-corrected chi connectivity index (χ2v) is 4.97. The zero-order valence-corrected chi connectivity index (χ0v) is 12.0. The van der Waals surface area contributed by atoms with Gasteiger partial charge < -0.3 is 5.32 Å². The predicted octanol–water partition coefficient (Wildman–Crippen LogP) is 2.65. The number of anilines is 1. The summed E-state index contributed by atoms with van der Waals surface area (Å²) in [6.45, 7) is 0.266. The highest BCUT2D eigenvalue weighted by molar-refractivity contribution is 9.10. The quantitative estimate of drug-likeness (QED) is 0.921. The lowest BCUT2D eigenvalue weighted by Gasteiger charge is -2.13. The molecule has 5 nitrogen and oxygen atoms in total. The summed E-state index contributed by atoms with van der Waals surface area (Å²) < 4.78 is 40.4. The number of alkyl halides is 3. The molecule has 0 saturated heterocycles. The second-order valence-electron chi connectivity index (χ2n) is 4.06. The van der Waals surface area contributed by atoms with E-state index in [1.807, 2.05) is 0 Å². The second kappa shape index (κ2) is 5.78. The highest BCUT2D eigenvalue weighted by atomic mass is 79.9. The first kappa shape index (κ1) is 14.8. The normalized spacial score (nSPS) is 11.7.